The number of nitrogens with zero attached hydrogens (tertiary/aromatic N) is 4. The van der Waals surface area contributed by atoms with Crippen LogP contribution in [-0.4, -0.2) is 94.6 Å². The van der Waals surface area contributed by atoms with E-state index in [1.807, 2.05) is 10.8 Å². The topological polar surface area (TPSA) is 210 Å². The molecule has 0 spiro atoms. The average molecular weight is 864 g/mol. The van der Waals surface area contributed by atoms with E-state index in [1.54, 1.807) is 27.7 Å². The van der Waals surface area contributed by atoms with E-state index in [0.29, 0.717) is 19.3 Å². The molecule has 2 bridgehead atoms. The number of hydrogen-bond acceptors (Lipinski definition) is 11. The number of carbonyl (C=O) groups is 4. The van der Waals surface area contributed by atoms with E-state index >= 15 is 8.78 Å². The van der Waals surface area contributed by atoms with Crippen LogP contribution in [0.1, 0.15) is 104 Å². The average Bonchev–Trinajstić information content (AvgIpc) is 4.12. The first-order chi connectivity index (χ1) is 28.0. The van der Waals surface area contributed by atoms with Crippen molar-refractivity contribution in [3.63, 3.8) is 0 Å². The highest BCUT2D eigenvalue weighted by Crippen LogP contribution is 2.50. The van der Waals surface area contributed by atoms with Crippen molar-refractivity contribution in [2.45, 2.75) is 139 Å². The van der Waals surface area contributed by atoms with Crippen molar-refractivity contribution in [2.75, 3.05) is 6.54 Å². The lowest BCUT2D eigenvalue weighted by molar-refractivity contribution is -0.144. The third kappa shape index (κ3) is 8.17. The number of hydrogen-bond donors (Lipinski definition) is 3. The Morgan fingerprint density at radius 2 is 1.80 bits per heavy atom. The molecular formula is C40H49F4N7O8S. The highest BCUT2D eigenvalue weighted by molar-refractivity contribution is 7.91. The second-order valence-corrected chi connectivity index (χ2v) is 20.4. The number of halogens is 4. The molecule has 1 saturated heterocycles. The van der Waals surface area contributed by atoms with E-state index in [9.17, 15) is 41.6 Å². The maximum Gasteiger partial charge on any atom is 0.408 e. The van der Waals surface area contributed by atoms with Gasteiger partial charge in [0.05, 0.1) is 39.9 Å². The second-order valence-electron chi connectivity index (χ2n) is 18.2. The maximum absolute atomic E-state index is 16.3. The van der Waals surface area contributed by atoms with Gasteiger partial charge in [-0.3, -0.25) is 19.1 Å². The molecule has 20 heteroatoms. The SMILES string of the molecule is CC[C@@H]1[C@@H]2CN(C(=O)[C@H](C(C)(C)C)NC(=O)O[C@@H]3C[C@H]3CCCCC(F)(F)c3nc4ccc(C#N)cc4nc3O2)[C@@H]1C(=O)N[C@]1(C(=O)NS(=O)(=O)C2(C)CC2)C[C@H]1C(F)F. The van der Waals surface area contributed by atoms with Gasteiger partial charge in [0.2, 0.25) is 34.1 Å². The Labute approximate surface area is 344 Å². The lowest BCUT2D eigenvalue weighted by Crippen LogP contribution is -2.61. The van der Waals surface area contributed by atoms with Gasteiger partial charge >= 0.3 is 6.09 Å². The van der Waals surface area contributed by atoms with Gasteiger partial charge in [-0.05, 0) is 81.4 Å². The Balaban J connectivity index is 1.30. The Kier molecular flexibility index (Phi) is 11.0. The highest BCUT2D eigenvalue weighted by Gasteiger charge is 2.68. The van der Waals surface area contributed by atoms with Crippen molar-refractivity contribution in [3.05, 3.63) is 29.5 Å². The number of alkyl halides is 4. The minimum Gasteiger partial charge on any atom is -0.471 e. The van der Waals surface area contributed by atoms with Crippen molar-refractivity contribution in [1.82, 2.24) is 30.2 Å². The molecule has 60 heavy (non-hydrogen) atoms. The number of ether oxygens (including phenoxy) is 2. The van der Waals surface area contributed by atoms with Gasteiger partial charge in [-0.1, -0.05) is 34.1 Å². The first-order valence-corrected chi connectivity index (χ1v) is 21.7. The summed E-state index contributed by atoms with van der Waals surface area (Å²) in [6, 6.07) is 3.14. The number of nitriles is 1. The molecule has 4 fully saturated rings. The van der Waals surface area contributed by atoms with Crippen LogP contribution in [0.15, 0.2) is 18.2 Å². The number of benzene rings is 1. The zero-order chi connectivity index (χ0) is 43.7. The lowest BCUT2D eigenvalue weighted by Gasteiger charge is -2.36. The summed E-state index contributed by atoms with van der Waals surface area (Å²) in [4.78, 5) is 66.1. The van der Waals surface area contributed by atoms with Crippen LogP contribution in [0.25, 0.3) is 11.0 Å². The fraction of sp³-hybridized carbons (Fsp3) is 0.675. The molecule has 1 aromatic heterocycles. The molecule has 3 N–H and O–H groups in total. The zero-order valence-corrected chi connectivity index (χ0v) is 34.7. The third-order valence-electron chi connectivity index (χ3n) is 12.7. The Morgan fingerprint density at radius 3 is 2.42 bits per heavy atom. The van der Waals surface area contributed by atoms with E-state index in [2.05, 4.69) is 20.6 Å². The largest absolute Gasteiger partial charge is 0.471 e. The number of alkyl carbamates (subject to hydrolysis) is 1. The number of rotatable bonds is 7. The summed E-state index contributed by atoms with van der Waals surface area (Å²) in [5, 5.41) is 14.6. The summed E-state index contributed by atoms with van der Waals surface area (Å²) in [6.07, 6.45) is -5.13. The van der Waals surface area contributed by atoms with E-state index in [-0.39, 0.29) is 48.2 Å². The number of nitrogens with one attached hydrogen (secondary N) is 3. The van der Waals surface area contributed by atoms with Crippen molar-refractivity contribution >= 4 is 44.9 Å². The number of amides is 4. The quantitative estimate of drug-likeness (QED) is 0.322. The van der Waals surface area contributed by atoms with Gasteiger partial charge in [-0.25, -0.2) is 32.0 Å². The van der Waals surface area contributed by atoms with Crippen LogP contribution in [0.3, 0.4) is 0 Å². The fourth-order valence-electron chi connectivity index (χ4n) is 8.39. The molecule has 5 aliphatic rings. The van der Waals surface area contributed by atoms with Gasteiger partial charge in [0.25, 0.3) is 11.8 Å². The molecule has 0 unspecified atom stereocenters. The Morgan fingerprint density at radius 1 is 1.08 bits per heavy atom. The monoisotopic (exact) mass is 863 g/mol. The molecule has 4 amide bonds. The molecule has 3 heterocycles. The van der Waals surface area contributed by atoms with Crippen LogP contribution in [0.5, 0.6) is 5.88 Å². The van der Waals surface area contributed by atoms with E-state index in [1.165, 1.54) is 25.1 Å². The first kappa shape index (κ1) is 43.3. The minimum atomic E-state index is -4.32. The predicted octanol–water partition coefficient (Wildman–Crippen LogP) is 4.82. The van der Waals surface area contributed by atoms with Crippen LogP contribution in [0.2, 0.25) is 0 Å². The minimum absolute atomic E-state index is 0.0286. The van der Waals surface area contributed by atoms with Crippen LogP contribution in [-0.2, 0) is 35.1 Å². The van der Waals surface area contributed by atoms with Gasteiger partial charge in [-0.15, -0.1) is 0 Å². The van der Waals surface area contributed by atoms with Gasteiger partial charge in [0, 0.05) is 12.3 Å². The van der Waals surface area contributed by atoms with Crippen LogP contribution in [0, 0.1) is 34.5 Å². The molecule has 2 aliphatic heterocycles. The third-order valence-corrected chi connectivity index (χ3v) is 14.9. The molecule has 7 rings (SSSR count). The molecule has 3 aliphatic carbocycles. The van der Waals surface area contributed by atoms with E-state index < -0.39 is 129 Å². The van der Waals surface area contributed by atoms with Gasteiger partial charge in [-0.2, -0.15) is 14.0 Å². The van der Waals surface area contributed by atoms with E-state index in [0.717, 1.165) is 4.90 Å². The highest BCUT2D eigenvalue weighted by atomic mass is 32.2. The number of carbonyl (C=O) groups excluding carboxylic acids is 4. The summed E-state index contributed by atoms with van der Waals surface area (Å²) >= 11 is 0. The summed E-state index contributed by atoms with van der Waals surface area (Å²) in [5.41, 5.74) is -3.90. The van der Waals surface area contributed by atoms with Gasteiger partial charge < -0.3 is 25.0 Å². The normalized spacial score (nSPS) is 31.2. The summed E-state index contributed by atoms with van der Waals surface area (Å²) in [7, 11) is -4.32. The molecule has 1 aromatic carbocycles. The van der Waals surface area contributed by atoms with Crippen LogP contribution in [0.4, 0.5) is 22.4 Å². The van der Waals surface area contributed by atoms with Crippen molar-refractivity contribution in [1.29, 1.82) is 5.26 Å². The van der Waals surface area contributed by atoms with Crippen molar-refractivity contribution < 1.29 is 54.6 Å². The van der Waals surface area contributed by atoms with Crippen molar-refractivity contribution in [2.24, 2.45) is 23.2 Å². The smallest absolute Gasteiger partial charge is 0.408 e. The molecular weight excluding hydrogens is 815 g/mol. The number of fused-ring (bicyclic) bond motifs is 5. The molecule has 2 aromatic rings. The molecule has 8 atom stereocenters. The number of aromatic nitrogens is 2. The van der Waals surface area contributed by atoms with Gasteiger partial charge in [0.1, 0.15) is 29.8 Å². The summed E-state index contributed by atoms with van der Waals surface area (Å²) < 4.78 is 100.0. The summed E-state index contributed by atoms with van der Waals surface area (Å²) in [5.74, 6) is -10.4. The molecule has 326 valence electrons. The zero-order valence-electron chi connectivity index (χ0n) is 33.9. The molecule has 15 nitrogen and oxygen atoms in total. The number of sulfonamides is 1. The molecule has 0 radical (unpaired) electrons. The second kappa shape index (κ2) is 15.3. The standard InChI is InChI=1S/C40H49F4N7O8S/c1-6-22-27-19-51(28(22)32(52)49-39(17-23(39)31(41)42)35(54)50-60(56,57)38(5)13-14-38)34(53)30(37(2,3)4)48-36(55)59-26-16-21(26)9-7-8-12-40(43,44)29-33(58-27)47-25-15-20(18-45)10-11-24(25)46-29/h10-11,15,21-23,26-28,30-31H,6-9,12-14,16-17,19H2,1-5H3,(H,48,55)(H,49,52)(H,50,54)/t21-,22-,23+,26-,27+,28+,30-,39-/m1/s1. The summed E-state index contributed by atoms with van der Waals surface area (Å²) in [6.45, 7) is 7.53. The molecule has 3 saturated carbocycles. The van der Waals surface area contributed by atoms with Crippen LogP contribution < -0.4 is 20.1 Å². The first-order valence-electron chi connectivity index (χ1n) is 20.3. The maximum atomic E-state index is 16.3. The van der Waals surface area contributed by atoms with Gasteiger partial charge in [0.15, 0.2) is 5.69 Å². The van der Waals surface area contributed by atoms with Crippen molar-refractivity contribution in [3.8, 4) is 11.9 Å². The Hall–Kier alpha value is -4.80. The Bertz CT molecular complexity index is 2250. The van der Waals surface area contributed by atoms with Crippen LogP contribution >= 0.6 is 0 Å². The fourth-order valence-corrected chi connectivity index (χ4v) is 9.71. The lowest BCUT2D eigenvalue weighted by atomic mass is 9.85. The predicted molar refractivity (Wildman–Crippen MR) is 205 cm³/mol. The van der Waals surface area contributed by atoms with E-state index in [4.69, 9.17) is 9.47 Å².